The SMILES string of the molecule is CS(=O)(=O)N1N=C(c2ccco2)C[C@@H]1c1cn(-c2ccccc2)nc1-c1ccccc1. The molecule has 0 unspecified atom stereocenters. The van der Waals surface area contributed by atoms with Gasteiger partial charge in [-0.1, -0.05) is 48.5 Å². The van der Waals surface area contributed by atoms with Crippen LogP contribution in [0.1, 0.15) is 23.8 Å². The van der Waals surface area contributed by atoms with Gasteiger partial charge in [-0.15, -0.1) is 0 Å². The van der Waals surface area contributed by atoms with Crippen molar-refractivity contribution in [3.63, 3.8) is 0 Å². The summed E-state index contributed by atoms with van der Waals surface area (Å²) >= 11 is 0. The second kappa shape index (κ2) is 7.55. The fourth-order valence-corrected chi connectivity index (χ4v) is 4.68. The molecule has 0 spiro atoms. The summed E-state index contributed by atoms with van der Waals surface area (Å²) in [6.07, 6.45) is 5.00. The van der Waals surface area contributed by atoms with Crippen LogP contribution in [0, 0.1) is 0 Å². The third kappa shape index (κ3) is 3.66. The van der Waals surface area contributed by atoms with E-state index in [0.29, 0.717) is 17.9 Å². The van der Waals surface area contributed by atoms with Gasteiger partial charge in [0.2, 0.25) is 10.0 Å². The molecule has 2 aromatic heterocycles. The first-order chi connectivity index (χ1) is 15.0. The number of benzene rings is 2. The smallest absolute Gasteiger partial charge is 0.247 e. The van der Waals surface area contributed by atoms with E-state index in [0.717, 1.165) is 22.5 Å². The Morgan fingerprint density at radius 3 is 2.32 bits per heavy atom. The first-order valence-electron chi connectivity index (χ1n) is 9.82. The number of hydrogen-bond acceptors (Lipinski definition) is 5. The minimum absolute atomic E-state index is 0.390. The summed E-state index contributed by atoms with van der Waals surface area (Å²) in [6, 6.07) is 22.5. The summed E-state index contributed by atoms with van der Waals surface area (Å²) < 4.78 is 33.7. The normalized spacial score (nSPS) is 16.5. The molecule has 2 aromatic carbocycles. The molecular weight excluding hydrogens is 412 g/mol. The van der Waals surface area contributed by atoms with Gasteiger partial charge in [-0.25, -0.2) is 13.1 Å². The van der Waals surface area contributed by atoms with Crippen LogP contribution in [0.2, 0.25) is 0 Å². The van der Waals surface area contributed by atoms with Crippen LogP contribution < -0.4 is 0 Å². The Hall–Kier alpha value is -3.65. The fourth-order valence-electron chi connectivity index (χ4n) is 3.78. The second-order valence-corrected chi connectivity index (χ2v) is 9.20. The molecule has 0 amide bonds. The Balaban J connectivity index is 1.65. The number of hydrazone groups is 1. The summed E-state index contributed by atoms with van der Waals surface area (Å²) in [5.74, 6) is 0.563. The van der Waals surface area contributed by atoms with Crippen LogP contribution in [-0.2, 0) is 10.0 Å². The van der Waals surface area contributed by atoms with E-state index in [1.54, 1.807) is 23.1 Å². The number of furan rings is 1. The molecule has 0 fully saturated rings. The van der Waals surface area contributed by atoms with E-state index in [2.05, 4.69) is 5.10 Å². The lowest BCUT2D eigenvalue weighted by Crippen LogP contribution is -2.26. The van der Waals surface area contributed by atoms with Gasteiger partial charge in [0.1, 0.15) is 11.5 Å². The molecule has 1 aliphatic heterocycles. The molecule has 31 heavy (non-hydrogen) atoms. The van der Waals surface area contributed by atoms with Crippen LogP contribution in [0.25, 0.3) is 16.9 Å². The summed E-state index contributed by atoms with van der Waals surface area (Å²) in [7, 11) is -3.61. The van der Waals surface area contributed by atoms with Crippen LogP contribution in [0.4, 0.5) is 0 Å². The molecule has 1 aliphatic rings. The van der Waals surface area contributed by atoms with Gasteiger partial charge in [-0.2, -0.15) is 14.6 Å². The number of aromatic nitrogens is 2. The van der Waals surface area contributed by atoms with Crippen molar-refractivity contribution in [3.05, 3.63) is 96.6 Å². The van der Waals surface area contributed by atoms with E-state index in [9.17, 15) is 8.42 Å². The van der Waals surface area contributed by atoms with E-state index in [4.69, 9.17) is 9.52 Å². The van der Waals surface area contributed by atoms with Gasteiger partial charge in [-0.3, -0.25) is 0 Å². The number of hydrogen-bond donors (Lipinski definition) is 0. The molecule has 0 bridgehead atoms. The lowest BCUT2D eigenvalue weighted by Gasteiger charge is -2.21. The standard InChI is InChI=1S/C23H20N4O3S/c1-31(28,29)27-21(15-20(24-27)22-13-8-14-30-22)19-16-26(18-11-6-3-7-12-18)25-23(19)17-9-4-2-5-10-17/h2-14,16,21H,15H2,1H3/t21-/m1/s1. The lowest BCUT2D eigenvalue weighted by molar-refractivity contribution is 0.375. The molecule has 7 nitrogen and oxygen atoms in total. The van der Waals surface area contributed by atoms with Crippen molar-refractivity contribution in [2.75, 3.05) is 6.26 Å². The zero-order chi connectivity index (χ0) is 21.4. The summed E-state index contributed by atoms with van der Waals surface area (Å²) in [6.45, 7) is 0. The molecule has 3 heterocycles. The van der Waals surface area contributed by atoms with Crippen LogP contribution in [0.3, 0.4) is 0 Å². The summed E-state index contributed by atoms with van der Waals surface area (Å²) in [5.41, 5.74) is 3.89. The Bertz CT molecular complexity index is 1330. The van der Waals surface area contributed by atoms with E-state index in [1.807, 2.05) is 66.9 Å². The molecule has 0 aliphatic carbocycles. The van der Waals surface area contributed by atoms with Gasteiger partial charge in [0, 0.05) is 23.7 Å². The van der Waals surface area contributed by atoms with E-state index < -0.39 is 16.1 Å². The molecular formula is C23H20N4O3S. The van der Waals surface area contributed by atoms with E-state index in [-0.39, 0.29) is 0 Å². The topological polar surface area (TPSA) is 80.7 Å². The maximum Gasteiger partial charge on any atom is 0.247 e. The average molecular weight is 433 g/mol. The van der Waals surface area contributed by atoms with Gasteiger partial charge >= 0.3 is 0 Å². The van der Waals surface area contributed by atoms with Crippen LogP contribution in [0.5, 0.6) is 0 Å². The molecule has 156 valence electrons. The zero-order valence-corrected chi connectivity index (χ0v) is 17.6. The van der Waals surface area contributed by atoms with Crippen LogP contribution >= 0.6 is 0 Å². The predicted octanol–water partition coefficient (Wildman–Crippen LogP) is 4.24. The number of sulfonamides is 1. The highest BCUT2D eigenvalue weighted by Crippen LogP contribution is 2.39. The number of para-hydroxylation sites is 1. The average Bonchev–Trinajstić information content (AvgIpc) is 3.53. The third-order valence-electron chi connectivity index (χ3n) is 5.19. The predicted molar refractivity (Wildman–Crippen MR) is 118 cm³/mol. The lowest BCUT2D eigenvalue weighted by atomic mass is 9.99. The molecule has 4 aromatic rings. The quantitative estimate of drug-likeness (QED) is 0.472. The Labute approximate surface area is 180 Å². The van der Waals surface area contributed by atoms with E-state index in [1.165, 1.54) is 10.7 Å². The zero-order valence-electron chi connectivity index (χ0n) is 16.8. The second-order valence-electron chi connectivity index (χ2n) is 7.36. The Kier molecular flexibility index (Phi) is 4.71. The van der Waals surface area contributed by atoms with Gasteiger partial charge in [-0.05, 0) is 24.3 Å². The maximum atomic E-state index is 12.6. The van der Waals surface area contributed by atoms with Gasteiger partial charge in [0.05, 0.1) is 29.9 Å². The van der Waals surface area contributed by atoms with Crippen LogP contribution in [-0.4, -0.2) is 34.6 Å². The minimum atomic E-state index is -3.61. The maximum absolute atomic E-state index is 12.6. The summed E-state index contributed by atoms with van der Waals surface area (Å²) in [5, 5.41) is 9.23. The monoisotopic (exact) mass is 432 g/mol. The molecule has 0 saturated carbocycles. The van der Waals surface area contributed by atoms with Gasteiger partial charge in [0.25, 0.3) is 0 Å². The molecule has 1 atom stereocenters. The minimum Gasteiger partial charge on any atom is -0.463 e. The highest BCUT2D eigenvalue weighted by molar-refractivity contribution is 7.88. The van der Waals surface area contributed by atoms with Crippen molar-refractivity contribution in [2.24, 2.45) is 5.10 Å². The van der Waals surface area contributed by atoms with Crippen molar-refractivity contribution in [3.8, 4) is 16.9 Å². The van der Waals surface area contributed by atoms with Gasteiger partial charge in [0.15, 0.2) is 0 Å². The van der Waals surface area contributed by atoms with Crippen LogP contribution in [0.15, 0.2) is 94.8 Å². The first kappa shape index (κ1) is 19.3. The highest BCUT2D eigenvalue weighted by Gasteiger charge is 2.38. The highest BCUT2D eigenvalue weighted by atomic mass is 32.2. The molecule has 0 saturated heterocycles. The first-order valence-corrected chi connectivity index (χ1v) is 11.7. The van der Waals surface area contributed by atoms with E-state index >= 15 is 0 Å². The number of nitrogens with zero attached hydrogens (tertiary/aromatic N) is 4. The Morgan fingerprint density at radius 1 is 0.968 bits per heavy atom. The summed E-state index contributed by atoms with van der Waals surface area (Å²) in [4.78, 5) is 0. The fraction of sp³-hybridized carbons (Fsp3) is 0.130. The van der Waals surface area contributed by atoms with Gasteiger partial charge < -0.3 is 4.42 Å². The largest absolute Gasteiger partial charge is 0.463 e. The molecule has 8 heteroatoms. The van der Waals surface area contributed by atoms with Crippen molar-refractivity contribution < 1.29 is 12.8 Å². The van der Waals surface area contributed by atoms with Crippen molar-refractivity contribution >= 4 is 15.7 Å². The molecule has 0 radical (unpaired) electrons. The molecule has 0 N–H and O–H groups in total. The molecule has 5 rings (SSSR count). The number of rotatable bonds is 5. The van der Waals surface area contributed by atoms with Crippen molar-refractivity contribution in [2.45, 2.75) is 12.5 Å². The van der Waals surface area contributed by atoms with Crippen molar-refractivity contribution in [1.82, 2.24) is 14.2 Å². The Morgan fingerprint density at radius 2 is 1.68 bits per heavy atom. The third-order valence-corrected chi connectivity index (χ3v) is 6.20. The van der Waals surface area contributed by atoms with Crippen molar-refractivity contribution in [1.29, 1.82) is 0 Å².